The molecular formula is C23H28N2O2. The summed E-state index contributed by atoms with van der Waals surface area (Å²) in [6.45, 7) is 5.68. The van der Waals surface area contributed by atoms with E-state index in [4.69, 9.17) is 0 Å². The van der Waals surface area contributed by atoms with Gasteiger partial charge in [0, 0.05) is 43.5 Å². The van der Waals surface area contributed by atoms with Gasteiger partial charge in [-0.25, -0.2) is 0 Å². The van der Waals surface area contributed by atoms with Gasteiger partial charge in [0.05, 0.1) is 0 Å². The van der Waals surface area contributed by atoms with E-state index in [1.807, 2.05) is 56.4 Å². The molecule has 0 aliphatic rings. The normalized spacial score (nSPS) is 11.6. The Balaban J connectivity index is 2.54. The first-order valence-electron chi connectivity index (χ1n) is 9.15. The highest BCUT2D eigenvalue weighted by Gasteiger charge is 2.16. The third-order valence-corrected chi connectivity index (χ3v) is 4.74. The van der Waals surface area contributed by atoms with Gasteiger partial charge in [0.15, 0.2) is 5.78 Å². The highest BCUT2D eigenvalue weighted by Crippen LogP contribution is 2.32. The fourth-order valence-corrected chi connectivity index (χ4v) is 3.11. The van der Waals surface area contributed by atoms with Crippen molar-refractivity contribution in [2.24, 2.45) is 0 Å². The molecule has 0 unspecified atom stereocenters. The number of ketones is 1. The maximum Gasteiger partial charge on any atom is 0.253 e. The molecular weight excluding hydrogens is 336 g/mol. The summed E-state index contributed by atoms with van der Waals surface area (Å²) in [5.74, 6) is 0.0445. The summed E-state index contributed by atoms with van der Waals surface area (Å²) in [7, 11) is 5.34. The molecule has 0 bridgehead atoms. The van der Waals surface area contributed by atoms with Gasteiger partial charge in [-0.3, -0.25) is 9.59 Å². The Kier molecular flexibility index (Phi) is 6.56. The van der Waals surface area contributed by atoms with Crippen LogP contribution in [-0.4, -0.2) is 37.7 Å². The largest absolute Gasteiger partial charge is 0.388 e. The highest BCUT2D eigenvalue weighted by molar-refractivity contribution is 6.22. The van der Waals surface area contributed by atoms with Crippen molar-refractivity contribution < 1.29 is 9.59 Å². The van der Waals surface area contributed by atoms with Crippen LogP contribution in [0.3, 0.4) is 0 Å². The average Bonchev–Trinajstić information content (AvgIpc) is 2.67. The number of rotatable bonds is 6. The molecule has 0 aliphatic carbocycles. The molecule has 4 heteroatoms. The van der Waals surface area contributed by atoms with Crippen LogP contribution < -0.4 is 5.32 Å². The van der Waals surface area contributed by atoms with Crippen molar-refractivity contribution in [2.75, 3.05) is 26.5 Å². The summed E-state index contributed by atoms with van der Waals surface area (Å²) in [5, 5.41) is 3.19. The van der Waals surface area contributed by atoms with Crippen molar-refractivity contribution >= 4 is 23.0 Å². The van der Waals surface area contributed by atoms with E-state index in [1.54, 1.807) is 25.9 Å². The number of amides is 1. The van der Waals surface area contributed by atoms with Crippen LogP contribution in [0.5, 0.6) is 0 Å². The number of anilines is 1. The van der Waals surface area contributed by atoms with Gasteiger partial charge >= 0.3 is 0 Å². The first-order chi connectivity index (χ1) is 12.8. The summed E-state index contributed by atoms with van der Waals surface area (Å²) in [5.41, 5.74) is 6.35. The lowest BCUT2D eigenvalue weighted by Gasteiger charge is -2.16. The Bertz CT molecular complexity index is 878. The standard InChI is InChI=1S/C23H28N2O2/c1-7-15(2)22(16(3)26)20-14-19(12-13-21(20)24-4)17-8-10-18(11-9-17)23(27)25(5)6/h8-14,24H,7H2,1-6H3. The van der Waals surface area contributed by atoms with Crippen LogP contribution in [0.4, 0.5) is 5.69 Å². The summed E-state index contributed by atoms with van der Waals surface area (Å²) < 4.78 is 0. The minimum absolute atomic E-state index is 0.0202. The molecule has 27 heavy (non-hydrogen) atoms. The van der Waals surface area contributed by atoms with Gasteiger partial charge in [-0.1, -0.05) is 30.7 Å². The maximum absolute atomic E-state index is 12.3. The number of Topliss-reactive ketones (excluding diaryl/α,β-unsaturated/α-hetero) is 1. The lowest BCUT2D eigenvalue weighted by molar-refractivity contribution is -0.111. The highest BCUT2D eigenvalue weighted by atomic mass is 16.2. The molecule has 1 N–H and O–H groups in total. The van der Waals surface area contributed by atoms with E-state index in [1.165, 1.54) is 0 Å². The fraction of sp³-hybridized carbons (Fsp3) is 0.304. The zero-order chi connectivity index (χ0) is 20.1. The van der Waals surface area contributed by atoms with Crippen LogP contribution >= 0.6 is 0 Å². The second kappa shape index (κ2) is 8.67. The van der Waals surface area contributed by atoms with E-state index in [9.17, 15) is 9.59 Å². The molecule has 142 valence electrons. The first-order valence-corrected chi connectivity index (χ1v) is 9.15. The van der Waals surface area contributed by atoms with Gasteiger partial charge in [-0.2, -0.15) is 0 Å². The molecule has 2 aromatic carbocycles. The zero-order valence-electron chi connectivity index (χ0n) is 17.0. The van der Waals surface area contributed by atoms with Gasteiger partial charge in [0.2, 0.25) is 0 Å². The molecule has 4 nitrogen and oxygen atoms in total. The van der Waals surface area contributed by atoms with Crippen molar-refractivity contribution in [1.29, 1.82) is 0 Å². The predicted molar refractivity (Wildman–Crippen MR) is 113 cm³/mol. The number of benzene rings is 2. The van der Waals surface area contributed by atoms with Crippen LogP contribution in [0.25, 0.3) is 16.7 Å². The van der Waals surface area contributed by atoms with Gasteiger partial charge in [0.1, 0.15) is 0 Å². The SMILES string of the molecule is CCC(C)=C(C(C)=O)c1cc(-c2ccc(C(=O)N(C)C)cc2)ccc1NC. The van der Waals surface area contributed by atoms with Gasteiger partial charge in [0.25, 0.3) is 5.91 Å². The molecule has 0 aliphatic heterocycles. The first kappa shape index (κ1) is 20.4. The monoisotopic (exact) mass is 364 g/mol. The Labute approximate surface area is 161 Å². The van der Waals surface area contributed by atoms with E-state index >= 15 is 0 Å². The Morgan fingerprint density at radius 2 is 1.56 bits per heavy atom. The smallest absolute Gasteiger partial charge is 0.253 e. The lowest BCUT2D eigenvalue weighted by atomic mass is 9.91. The summed E-state index contributed by atoms with van der Waals surface area (Å²) in [6.07, 6.45) is 0.823. The maximum atomic E-state index is 12.3. The Morgan fingerprint density at radius 3 is 2.04 bits per heavy atom. The van der Waals surface area contributed by atoms with Crippen LogP contribution in [0.2, 0.25) is 0 Å². The second-order valence-electron chi connectivity index (χ2n) is 6.85. The van der Waals surface area contributed by atoms with E-state index in [2.05, 4.69) is 12.2 Å². The number of nitrogens with one attached hydrogen (secondary N) is 1. The number of carbonyl (C=O) groups is 2. The zero-order valence-corrected chi connectivity index (χ0v) is 17.0. The van der Waals surface area contributed by atoms with E-state index in [0.717, 1.165) is 39.9 Å². The topological polar surface area (TPSA) is 49.4 Å². The van der Waals surface area contributed by atoms with Crippen LogP contribution in [-0.2, 0) is 4.79 Å². The Hall–Kier alpha value is -2.88. The van der Waals surface area contributed by atoms with E-state index in [0.29, 0.717) is 5.56 Å². The van der Waals surface area contributed by atoms with Gasteiger partial charge in [-0.05, 0) is 55.7 Å². The molecule has 0 saturated carbocycles. The number of carbonyl (C=O) groups excluding carboxylic acids is 2. The summed E-state index contributed by atoms with van der Waals surface area (Å²) >= 11 is 0. The molecule has 1 amide bonds. The molecule has 0 saturated heterocycles. The minimum atomic E-state index is -0.0202. The third kappa shape index (κ3) is 4.45. The van der Waals surface area contributed by atoms with Gasteiger partial charge in [-0.15, -0.1) is 0 Å². The number of allylic oxidation sites excluding steroid dienone is 2. The summed E-state index contributed by atoms with van der Waals surface area (Å²) in [4.78, 5) is 26.0. The molecule has 0 atom stereocenters. The molecule has 0 heterocycles. The van der Waals surface area contributed by atoms with Crippen molar-refractivity contribution in [3.8, 4) is 11.1 Å². The van der Waals surface area contributed by atoms with E-state index < -0.39 is 0 Å². The molecule has 0 fully saturated rings. The number of nitrogens with zero attached hydrogens (tertiary/aromatic N) is 1. The lowest BCUT2D eigenvalue weighted by Crippen LogP contribution is -2.21. The van der Waals surface area contributed by atoms with Crippen molar-refractivity contribution in [1.82, 2.24) is 4.90 Å². The second-order valence-corrected chi connectivity index (χ2v) is 6.85. The van der Waals surface area contributed by atoms with E-state index in [-0.39, 0.29) is 11.7 Å². The minimum Gasteiger partial charge on any atom is -0.388 e. The third-order valence-electron chi connectivity index (χ3n) is 4.74. The molecule has 0 aromatic heterocycles. The fourth-order valence-electron chi connectivity index (χ4n) is 3.11. The van der Waals surface area contributed by atoms with Crippen LogP contribution in [0.15, 0.2) is 48.0 Å². The predicted octanol–water partition coefficient (Wildman–Crippen LogP) is 4.87. The average molecular weight is 364 g/mol. The number of hydrogen-bond donors (Lipinski definition) is 1. The van der Waals surface area contributed by atoms with Crippen molar-refractivity contribution in [2.45, 2.75) is 27.2 Å². The van der Waals surface area contributed by atoms with Crippen LogP contribution in [0, 0.1) is 0 Å². The molecule has 0 radical (unpaired) electrons. The molecule has 2 rings (SSSR count). The molecule has 2 aromatic rings. The molecule has 0 spiro atoms. The number of hydrogen-bond acceptors (Lipinski definition) is 3. The Morgan fingerprint density at radius 1 is 0.963 bits per heavy atom. The quantitative estimate of drug-likeness (QED) is 0.744. The van der Waals surface area contributed by atoms with Gasteiger partial charge < -0.3 is 10.2 Å². The summed E-state index contributed by atoms with van der Waals surface area (Å²) in [6, 6.07) is 13.6. The van der Waals surface area contributed by atoms with Crippen LogP contribution in [0.1, 0.15) is 43.1 Å². The van der Waals surface area contributed by atoms with Crippen molar-refractivity contribution in [3.05, 3.63) is 59.2 Å². The van der Waals surface area contributed by atoms with Crippen molar-refractivity contribution in [3.63, 3.8) is 0 Å².